The summed E-state index contributed by atoms with van der Waals surface area (Å²) in [7, 11) is -5.49. The minimum atomic E-state index is -2.75. The van der Waals surface area contributed by atoms with Crippen LogP contribution in [-0.4, -0.2) is 16.1 Å². The van der Waals surface area contributed by atoms with Gasteiger partial charge in [0.1, 0.15) is 0 Å². The zero-order chi connectivity index (χ0) is 42.5. The molecule has 0 spiro atoms. The first-order valence-corrected chi connectivity index (χ1v) is 26.2. The Balaban J connectivity index is 1.05. The topological polar surface area (TPSA) is 6.48 Å². The molecule has 2 nitrogen and oxygen atoms in total. The van der Waals surface area contributed by atoms with Crippen LogP contribution in [0, 0.1) is 0 Å². The van der Waals surface area contributed by atoms with Crippen molar-refractivity contribution in [2.45, 2.75) is 0 Å². The van der Waals surface area contributed by atoms with Gasteiger partial charge in [-0.3, -0.25) is 0 Å². The summed E-state index contributed by atoms with van der Waals surface area (Å²) in [6, 6.07) is 99.8. The Morgan fingerprint density at radius 2 is 0.547 bits per heavy atom. The fourth-order valence-electron chi connectivity index (χ4n) is 11.1. The fourth-order valence-corrected chi connectivity index (χ4v) is 21.3. The van der Waals surface area contributed by atoms with Gasteiger partial charge in [-0.2, -0.15) is 0 Å². The largest absolute Gasteiger partial charge is 0.311 e. The summed E-state index contributed by atoms with van der Waals surface area (Å²) in [6.45, 7) is 0. The van der Waals surface area contributed by atoms with Gasteiger partial charge in [0.15, 0.2) is 16.1 Å². The molecular weight excluding hydrogens is 805 g/mol. The lowest BCUT2D eigenvalue weighted by molar-refractivity contribution is 1.28. The van der Waals surface area contributed by atoms with Gasteiger partial charge in [-0.05, 0) is 89.5 Å². The minimum Gasteiger partial charge on any atom is -0.311 e. The highest BCUT2D eigenvalue weighted by Crippen LogP contribution is 2.45. The molecule has 0 amide bonds. The molecule has 4 heteroatoms. The van der Waals surface area contributed by atoms with Crippen LogP contribution in [0.2, 0.25) is 0 Å². The first kappa shape index (κ1) is 38.0. The number of hydrogen-bond donors (Lipinski definition) is 0. The molecule has 0 radical (unpaired) electrons. The smallest absolute Gasteiger partial charge is 0.184 e. The monoisotopic (exact) mass is 848 g/mol. The number of nitrogens with zero attached hydrogens (tertiary/aromatic N) is 2. The van der Waals surface area contributed by atoms with Gasteiger partial charge in [0.25, 0.3) is 0 Å². The van der Waals surface area contributed by atoms with Crippen molar-refractivity contribution in [2.24, 2.45) is 0 Å². The van der Waals surface area contributed by atoms with Crippen molar-refractivity contribution in [3.8, 4) is 11.1 Å². The molecule has 0 fully saturated rings. The van der Waals surface area contributed by atoms with Crippen molar-refractivity contribution >= 4 is 91.8 Å². The van der Waals surface area contributed by atoms with Crippen molar-refractivity contribution in [1.29, 1.82) is 0 Å². The highest BCUT2D eigenvalue weighted by molar-refractivity contribution is 7.22. The zero-order valence-electron chi connectivity index (χ0n) is 35.3. The fraction of sp³-hybridized carbons (Fsp3) is 0. The van der Waals surface area contributed by atoms with Crippen LogP contribution in [0.3, 0.4) is 0 Å². The van der Waals surface area contributed by atoms with Gasteiger partial charge < -0.3 is 9.80 Å². The van der Waals surface area contributed by atoms with Crippen LogP contribution in [-0.2, 0) is 0 Å². The van der Waals surface area contributed by atoms with Crippen LogP contribution in [0.5, 0.6) is 0 Å². The Morgan fingerprint density at radius 3 is 0.938 bits per heavy atom. The summed E-state index contributed by atoms with van der Waals surface area (Å²) < 4.78 is 0. The molecule has 0 N–H and O–H groups in total. The first-order chi connectivity index (χ1) is 31.8. The van der Waals surface area contributed by atoms with Crippen molar-refractivity contribution in [3.05, 3.63) is 267 Å². The molecule has 2 aliphatic heterocycles. The Kier molecular flexibility index (Phi) is 9.22. The van der Waals surface area contributed by atoms with Gasteiger partial charge in [0.2, 0.25) is 0 Å². The molecule has 64 heavy (non-hydrogen) atoms. The molecule has 2 aliphatic rings. The van der Waals surface area contributed by atoms with Gasteiger partial charge in [-0.25, -0.2) is 0 Å². The molecule has 12 rings (SSSR count). The van der Waals surface area contributed by atoms with Crippen LogP contribution in [0.1, 0.15) is 0 Å². The predicted octanol–water partition coefficient (Wildman–Crippen LogP) is 9.67. The van der Waals surface area contributed by atoms with Gasteiger partial charge in [0, 0.05) is 34.0 Å². The zero-order valence-corrected chi connectivity index (χ0v) is 37.3. The van der Waals surface area contributed by atoms with Crippen LogP contribution in [0.15, 0.2) is 267 Å². The van der Waals surface area contributed by atoms with Gasteiger partial charge in [-0.1, -0.05) is 224 Å². The molecule has 0 aromatic heterocycles. The van der Waals surface area contributed by atoms with E-state index in [1.807, 2.05) is 0 Å². The summed E-state index contributed by atoms with van der Waals surface area (Å²) in [5.74, 6) is 0. The third-order valence-electron chi connectivity index (χ3n) is 13.6. The van der Waals surface area contributed by atoms with E-state index in [9.17, 15) is 0 Å². The van der Waals surface area contributed by atoms with E-state index in [0.717, 1.165) is 11.4 Å². The lowest BCUT2D eigenvalue weighted by Gasteiger charge is -2.45. The second-order valence-electron chi connectivity index (χ2n) is 16.8. The lowest BCUT2D eigenvalue weighted by atomic mass is 10.0. The number of fused-ring (bicyclic) bond motifs is 4. The number of benzene rings is 10. The SMILES string of the molecule is c1ccc([Si]2(c3ccccc3)c3ccccc3N(c3cccc(-c4ccccc4N4c5ccccc5[Si](c5ccccc5)(c5ccccc5)c5ccccc54)c3)c3ccccc32)cc1. The maximum absolute atomic E-state index is 2.75. The Bertz CT molecular complexity index is 3120. The molecular formula is C60H44N2Si2. The van der Waals surface area contributed by atoms with Crippen LogP contribution in [0.25, 0.3) is 11.1 Å². The average molecular weight is 849 g/mol. The lowest BCUT2D eigenvalue weighted by Crippen LogP contribution is -2.77. The number of anilines is 6. The molecule has 10 aromatic rings. The predicted molar refractivity (Wildman–Crippen MR) is 276 cm³/mol. The second kappa shape index (κ2) is 15.5. The number of para-hydroxylation sites is 5. The van der Waals surface area contributed by atoms with E-state index in [0.29, 0.717) is 0 Å². The highest BCUT2D eigenvalue weighted by atomic mass is 28.3. The van der Waals surface area contributed by atoms with E-state index < -0.39 is 16.1 Å². The Morgan fingerprint density at radius 1 is 0.234 bits per heavy atom. The quantitative estimate of drug-likeness (QED) is 0.148. The summed E-state index contributed by atoms with van der Waals surface area (Å²) in [5, 5.41) is 11.1. The summed E-state index contributed by atoms with van der Waals surface area (Å²) in [5.41, 5.74) is 9.55. The van der Waals surface area contributed by atoms with E-state index in [-0.39, 0.29) is 0 Å². The third-order valence-corrected chi connectivity index (χ3v) is 23.3. The van der Waals surface area contributed by atoms with Crippen molar-refractivity contribution < 1.29 is 0 Å². The molecule has 302 valence electrons. The summed E-state index contributed by atoms with van der Waals surface area (Å²) >= 11 is 0. The second-order valence-corrected chi connectivity index (χ2v) is 24.2. The van der Waals surface area contributed by atoms with Gasteiger partial charge >= 0.3 is 0 Å². The molecule has 0 bridgehead atoms. The maximum atomic E-state index is 2.54. The maximum Gasteiger partial charge on any atom is 0.184 e. The number of hydrogen-bond acceptors (Lipinski definition) is 2. The molecule has 10 aromatic carbocycles. The molecule has 2 heterocycles. The van der Waals surface area contributed by atoms with Crippen LogP contribution < -0.4 is 51.3 Å². The van der Waals surface area contributed by atoms with Gasteiger partial charge in [0.05, 0.1) is 5.69 Å². The first-order valence-electron chi connectivity index (χ1n) is 22.2. The van der Waals surface area contributed by atoms with Crippen LogP contribution >= 0.6 is 0 Å². The number of rotatable bonds is 7. The Labute approximate surface area is 377 Å². The third kappa shape index (κ3) is 5.63. The van der Waals surface area contributed by atoms with E-state index in [1.54, 1.807) is 0 Å². The van der Waals surface area contributed by atoms with E-state index >= 15 is 0 Å². The van der Waals surface area contributed by atoms with E-state index in [4.69, 9.17) is 0 Å². The van der Waals surface area contributed by atoms with E-state index in [2.05, 4.69) is 277 Å². The van der Waals surface area contributed by atoms with Crippen molar-refractivity contribution in [1.82, 2.24) is 0 Å². The minimum absolute atomic E-state index is 1.13. The summed E-state index contributed by atoms with van der Waals surface area (Å²) in [6.07, 6.45) is 0. The molecule has 0 unspecified atom stereocenters. The van der Waals surface area contributed by atoms with Gasteiger partial charge in [-0.15, -0.1) is 0 Å². The highest BCUT2D eigenvalue weighted by Gasteiger charge is 2.50. The normalized spacial score (nSPS) is 14.1. The standard InChI is InChI=1S/C60H44N2Si2/c1-5-26-47(27-6-1)63(48-28-7-2-8-29-48)57-40-19-15-36-53(57)61(54-37-16-20-41-58(54)63)46-25-23-24-45(44-46)51-34-13-14-35-52(51)62-55-38-17-21-42-59(55)64(49-30-9-3-10-31-49,50-32-11-4-12-33-50)60-43-22-18-39-56(60)62/h1-44H. The van der Waals surface area contributed by atoms with E-state index in [1.165, 1.54) is 75.4 Å². The van der Waals surface area contributed by atoms with Crippen molar-refractivity contribution in [2.75, 3.05) is 9.80 Å². The molecule has 0 saturated heterocycles. The molecule has 0 aliphatic carbocycles. The summed E-state index contributed by atoms with van der Waals surface area (Å²) in [4.78, 5) is 5.05. The van der Waals surface area contributed by atoms with Crippen LogP contribution in [0.4, 0.5) is 34.1 Å². The Hall–Kier alpha value is -7.77. The molecule has 0 atom stereocenters. The molecule has 0 saturated carbocycles. The average Bonchev–Trinajstić information content (AvgIpc) is 3.38. The van der Waals surface area contributed by atoms with Crippen molar-refractivity contribution in [3.63, 3.8) is 0 Å².